The summed E-state index contributed by atoms with van der Waals surface area (Å²) < 4.78 is 0. The molecule has 1 N–H and O–H groups in total. The number of hydrogen-bond acceptors (Lipinski definition) is 4. The molecule has 6 heteroatoms. The maximum absolute atomic E-state index is 12.5. The normalized spacial score (nSPS) is 10.5. The van der Waals surface area contributed by atoms with E-state index in [-0.39, 0.29) is 11.8 Å². The average molecular weight is 345 g/mol. The number of hydrogen-bond donors (Lipinski definition) is 1. The second kappa shape index (κ2) is 8.06. The third-order valence-corrected chi connectivity index (χ3v) is 4.67. The molecule has 0 fully saturated rings. The minimum Gasteiger partial charge on any atom is -0.340 e. The van der Waals surface area contributed by atoms with E-state index in [1.54, 1.807) is 4.90 Å². The number of amides is 2. The molecule has 0 aliphatic heterocycles. The Labute approximate surface area is 146 Å². The van der Waals surface area contributed by atoms with Crippen LogP contribution in [0.4, 0.5) is 5.69 Å². The molecule has 2 rings (SSSR count). The van der Waals surface area contributed by atoms with Gasteiger partial charge in [0.15, 0.2) is 0 Å². The highest BCUT2D eigenvalue weighted by Gasteiger charge is 2.19. The Morgan fingerprint density at radius 2 is 1.92 bits per heavy atom. The molecule has 5 nitrogen and oxygen atoms in total. The van der Waals surface area contributed by atoms with Gasteiger partial charge in [0.1, 0.15) is 10.7 Å². The third kappa shape index (κ3) is 4.41. The highest BCUT2D eigenvalue weighted by atomic mass is 32.1. The average Bonchev–Trinajstić information content (AvgIpc) is 2.93. The number of aryl methyl sites for hydroxylation is 1. The first-order chi connectivity index (χ1) is 11.4. The first kappa shape index (κ1) is 18.1. The lowest BCUT2D eigenvalue weighted by Gasteiger charge is -2.15. The fraction of sp³-hybridized carbons (Fsp3) is 0.389. The Kier molecular flexibility index (Phi) is 6.09. The second-order valence-electron chi connectivity index (χ2n) is 5.76. The van der Waals surface area contributed by atoms with Crippen LogP contribution in [-0.2, 0) is 4.79 Å². The number of unbranched alkanes of at least 4 members (excludes halogenated alkanes) is 1. The number of carbonyl (C=O) groups is 2. The number of benzene rings is 1. The zero-order chi connectivity index (χ0) is 17.7. The first-order valence-electron chi connectivity index (χ1n) is 8.03. The molecule has 2 amide bonds. The van der Waals surface area contributed by atoms with Crippen molar-refractivity contribution in [1.82, 2.24) is 9.88 Å². The number of nitrogens with zero attached hydrogens (tertiary/aromatic N) is 2. The van der Waals surface area contributed by atoms with Gasteiger partial charge in [0.25, 0.3) is 5.91 Å². The SMILES string of the molecule is CCCCN(C)C(=O)c1nc(-c2ccc(NC(C)=O)cc2)sc1C. The summed E-state index contributed by atoms with van der Waals surface area (Å²) in [5.41, 5.74) is 2.21. The molecule has 2 aromatic rings. The number of nitrogens with one attached hydrogen (secondary N) is 1. The van der Waals surface area contributed by atoms with Crippen molar-refractivity contribution in [2.75, 3.05) is 18.9 Å². The molecule has 0 aliphatic carbocycles. The quantitative estimate of drug-likeness (QED) is 0.862. The summed E-state index contributed by atoms with van der Waals surface area (Å²) in [5, 5.41) is 3.55. The van der Waals surface area contributed by atoms with Crippen LogP contribution in [0, 0.1) is 6.92 Å². The van der Waals surface area contributed by atoms with Crippen molar-refractivity contribution < 1.29 is 9.59 Å². The maximum atomic E-state index is 12.5. The zero-order valence-corrected chi connectivity index (χ0v) is 15.4. The van der Waals surface area contributed by atoms with Gasteiger partial charge in [-0.1, -0.05) is 13.3 Å². The molecule has 128 valence electrons. The highest BCUT2D eigenvalue weighted by Crippen LogP contribution is 2.29. The fourth-order valence-electron chi connectivity index (χ4n) is 2.30. The monoisotopic (exact) mass is 345 g/mol. The lowest BCUT2D eigenvalue weighted by molar-refractivity contribution is -0.114. The molecule has 1 aromatic heterocycles. The van der Waals surface area contributed by atoms with Gasteiger partial charge in [0.2, 0.25) is 5.91 Å². The zero-order valence-electron chi connectivity index (χ0n) is 14.5. The van der Waals surface area contributed by atoms with Crippen molar-refractivity contribution in [3.8, 4) is 10.6 Å². The van der Waals surface area contributed by atoms with Gasteiger partial charge in [-0.15, -0.1) is 11.3 Å². The second-order valence-corrected chi connectivity index (χ2v) is 6.97. The van der Waals surface area contributed by atoms with E-state index in [9.17, 15) is 9.59 Å². The van der Waals surface area contributed by atoms with Crippen LogP contribution in [0.1, 0.15) is 42.1 Å². The molecule has 1 heterocycles. The van der Waals surface area contributed by atoms with Crippen LogP contribution in [0.15, 0.2) is 24.3 Å². The van der Waals surface area contributed by atoms with Gasteiger partial charge in [0, 0.05) is 36.6 Å². The highest BCUT2D eigenvalue weighted by molar-refractivity contribution is 7.15. The largest absolute Gasteiger partial charge is 0.340 e. The molecule has 0 aliphatic rings. The van der Waals surface area contributed by atoms with Crippen molar-refractivity contribution in [2.45, 2.75) is 33.6 Å². The summed E-state index contributed by atoms with van der Waals surface area (Å²) >= 11 is 1.51. The molecule has 0 unspecified atom stereocenters. The number of carbonyl (C=O) groups excluding carboxylic acids is 2. The van der Waals surface area contributed by atoms with Crippen LogP contribution in [0.2, 0.25) is 0 Å². The van der Waals surface area contributed by atoms with E-state index >= 15 is 0 Å². The molecule has 0 spiro atoms. The van der Waals surface area contributed by atoms with E-state index in [0.29, 0.717) is 5.69 Å². The fourth-order valence-corrected chi connectivity index (χ4v) is 3.21. The minimum absolute atomic E-state index is 0.0293. The predicted octanol–water partition coefficient (Wildman–Crippen LogP) is 3.95. The van der Waals surface area contributed by atoms with Gasteiger partial charge in [-0.25, -0.2) is 4.98 Å². The Morgan fingerprint density at radius 3 is 2.50 bits per heavy atom. The van der Waals surface area contributed by atoms with Crippen LogP contribution in [-0.4, -0.2) is 35.3 Å². The Morgan fingerprint density at radius 1 is 1.25 bits per heavy atom. The lowest BCUT2D eigenvalue weighted by Crippen LogP contribution is -2.28. The number of thiazole rings is 1. The van der Waals surface area contributed by atoms with Crippen molar-refractivity contribution >= 4 is 28.8 Å². The van der Waals surface area contributed by atoms with Crippen LogP contribution in [0.3, 0.4) is 0 Å². The van der Waals surface area contributed by atoms with Crippen molar-refractivity contribution in [3.05, 3.63) is 34.8 Å². The van der Waals surface area contributed by atoms with Crippen LogP contribution < -0.4 is 5.32 Å². The molecule has 0 saturated carbocycles. The van der Waals surface area contributed by atoms with Crippen molar-refractivity contribution in [1.29, 1.82) is 0 Å². The Balaban J connectivity index is 2.18. The summed E-state index contributed by atoms with van der Waals surface area (Å²) in [5.74, 6) is -0.130. The molecule has 0 radical (unpaired) electrons. The van der Waals surface area contributed by atoms with E-state index in [1.165, 1.54) is 18.3 Å². The van der Waals surface area contributed by atoms with E-state index < -0.39 is 0 Å². The molecule has 0 atom stereocenters. The van der Waals surface area contributed by atoms with E-state index in [0.717, 1.165) is 40.5 Å². The van der Waals surface area contributed by atoms with E-state index in [4.69, 9.17) is 0 Å². The van der Waals surface area contributed by atoms with Crippen molar-refractivity contribution in [2.24, 2.45) is 0 Å². The first-order valence-corrected chi connectivity index (χ1v) is 8.85. The standard InChI is InChI=1S/C18H23N3O2S/c1-5-6-11-21(4)18(23)16-12(2)24-17(20-16)14-7-9-15(10-8-14)19-13(3)22/h7-10H,5-6,11H2,1-4H3,(H,19,22). The number of rotatable bonds is 6. The van der Waals surface area contributed by atoms with Crippen LogP contribution in [0.5, 0.6) is 0 Å². The van der Waals surface area contributed by atoms with Gasteiger partial charge < -0.3 is 10.2 Å². The van der Waals surface area contributed by atoms with Gasteiger partial charge in [-0.05, 0) is 37.6 Å². The van der Waals surface area contributed by atoms with Gasteiger partial charge >= 0.3 is 0 Å². The van der Waals surface area contributed by atoms with Gasteiger partial charge in [-0.2, -0.15) is 0 Å². The Hall–Kier alpha value is -2.21. The van der Waals surface area contributed by atoms with Crippen molar-refractivity contribution in [3.63, 3.8) is 0 Å². The predicted molar refractivity (Wildman–Crippen MR) is 98.5 cm³/mol. The molecular formula is C18H23N3O2S. The smallest absolute Gasteiger partial charge is 0.273 e. The summed E-state index contributed by atoms with van der Waals surface area (Å²) in [6, 6.07) is 7.47. The van der Waals surface area contributed by atoms with E-state index in [2.05, 4.69) is 17.2 Å². The minimum atomic E-state index is -0.101. The summed E-state index contributed by atoms with van der Waals surface area (Å²) in [4.78, 5) is 30.8. The van der Waals surface area contributed by atoms with E-state index in [1.807, 2.05) is 38.2 Å². The van der Waals surface area contributed by atoms with Gasteiger partial charge in [0.05, 0.1) is 0 Å². The topological polar surface area (TPSA) is 62.3 Å². The summed E-state index contributed by atoms with van der Waals surface area (Å²) in [6.07, 6.45) is 2.04. The lowest BCUT2D eigenvalue weighted by atomic mass is 10.2. The van der Waals surface area contributed by atoms with Gasteiger partial charge in [-0.3, -0.25) is 9.59 Å². The third-order valence-electron chi connectivity index (χ3n) is 3.65. The van der Waals surface area contributed by atoms with Crippen LogP contribution >= 0.6 is 11.3 Å². The molecule has 1 aromatic carbocycles. The molecule has 0 saturated heterocycles. The van der Waals surface area contributed by atoms with Crippen LogP contribution in [0.25, 0.3) is 10.6 Å². The Bertz CT molecular complexity index is 722. The molecule has 0 bridgehead atoms. The summed E-state index contributed by atoms with van der Waals surface area (Å²) in [6.45, 7) is 6.25. The number of aromatic nitrogens is 1. The summed E-state index contributed by atoms with van der Waals surface area (Å²) in [7, 11) is 1.82. The number of anilines is 1. The maximum Gasteiger partial charge on any atom is 0.273 e. The molecular weight excluding hydrogens is 322 g/mol. The molecule has 24 heavy (non-hydrogen) atoms.